The second-order valence-corrected chi connectivity index (χ2v) is 3.21. The van der Waals surface area contributed by atoms with Crippen molar-refractivity contribution in [1.82, 2.24) is 0 Å². The van der Waals surface area contributed by atoms with Crippen molar-refractivity contribution in [3.8, 4) is 0 Å². The summed E-state index contributed by atoms with van der Waals surface area (Å²) < 4.78 is 13.8. The van der Waals surface area contributed by atoms with Gasteiger partial charge in [-0.15, -0.1) is 0 Å². The van der Waals surface area contributed by atoms with Crippen molar-refractivity contribution in [3.63, 3.8) is 0 Å². The number of nitrogens with two attached hydrogens (primary N) is 1. The molecule has 0 radical (unpaired) electrons. The zero-order valence-corrected chi connectivity index (χ0v) is 7.46. The van der Waals surface area contributed by atoms with Crippen LogP contribution in [-0.4, -0.2) is 5.91 Å². The van der Waals surface area contributed by atoms with Gasteiger partial charge in [0.2, 0.25) is 5.91 Å². The normalized spacial score (nSPS) is 14.9. The van der Waals surface area contributed by atoms with Crippen molar-refractivity contribution in [1.29, 1.82) is 0 Å². The minimum atomic E-state index is -1.66. The summed E-state index contributed by atoms with van der Waals surface area (Å²) in [5.74, 6) is -0.631. The highest BCUT2D eigenvalue weighted by Crippen LogP contribution is 2.28. The van der Waals surface area contributed by atoms with E-state index in [1.807, 2.05) is 0 Å². The van der Waals surface area contributed by atoms with E-state index < -0.39 is 11.6 Å². The van der Waals surface area contributed by atoms with Gasteiger partial charge in [0, 0.05) is 0 Å². The highest BCUT2D eigenvalue weighted by atomic mass is 19.1. The lowest BCUT2D eigenvalue weighted by Gasteiger charge is -2.18. The van der Waals surface area contributed by atoms with Crippen LogP contribution in [-0.2, 0) is 10.5 Å². The van der Waals surface area contributed by atoms with E-state index in [9.17, 15) is 9.18 Å². The third-order valence-corrected chi connectivity index (χ3v) is 1.88. The molecule has 0 aromatic heterocycles. The second-order valence-electron chi connectivity index (χ2n) is 3.21. The number of alkyl halides is 1. The highest BCUT2D eigenvalue weighted by Gasteiger charge is 2.27. The van der Waals surface area contributed by atoms with Crippen LogP contribution in [0, 0.1) is 0 Å². The van der Waals surface area contributed by atoms with Gasteiger partial charge >= 0.3 is 0 Å². The first-order valence-electron chi connectivity index (χ1n) is 4.05. The summed E-state index contributed by atoms with van der Waals surface area (Å²) in [4.78, 5) is 10.6. The van der Waals surface area contributed by atoms with Gasteiger partial charge in [-0.2, -0.15) is 0 Å². The molecule has 0 bridgehead atoms. The molecule has 1 unspecified atom stereocenters. The van der Waals surface area contributed by atoms with Crippen molar-refractivity contribution in [2.45, 2.75) is 19.0 Å². The van der Waals surface area contributed by atoms with Gasteiger partial charge in [0.15, 0.2) is 0 Å². The Balaban J connectivity index is 2.87. The van der Waals surface area contributed by atoms with Crippen LogP contribution in [0.4, 0.5) is 4.39 Å². The molecule has 0 aliphatic heterocycles. The smallest absolute Gasteiger partial charge is 0.220 e. The van der Waals surface area contributed by atoms with Crippen LogP contribution >= 0.6 is 0 Å². The molecule has 2 N–H and O–H groups in total. The van der Waals surface area contributed by atoms with Gasteiger partial charge < -0.3 is 5.73 Å². The van der Waals surface area contributed by atoms with Crippen LogP contribution in [0.3, 0.4) is 0 Å². The average Bonchev–Trinajstić information content (AvgIpc) is 2.04. The molecule has 1 aromatic rings. The second kappa shape index (κ2) is 3.56. The molecule has 2 nitrogen and oxygen atoms in total. The summed E-state index contributed by atoms with van der Waals surface area (Å²) in [5, 5.41) is 0. The lowest BCUT2D eigenvalue weighted by molar-refractivity contribution is -0.120. The van der Waals surface area contributed by atoms with Gasteiger partial charge in [-0.25, -0.2) is 4.39 Å². The van der Waals surface area contributed by atoms with Crippen LogP contribution in [0.25, 0.3) is 0 Å². The fourth-order valence-corrected chi connectivity index (χ4v) is 1.21. The highest BCUT2D eigenvalue weighted by molar-refractivity contribution is 5.75. The molecule has 1 aromatic carbocycles. The number of hydrogen-bond donors (Lipinski definition) is 1. The first-order chi connectivity index (χ1) is 6.02. The van der Waals surface area contributed by atoms with E-state index in [1.165, 1.54) is 6.92 Å². The van der Waals surface area contributed by atoms with E-state index in [0.717, 1.165) is 0 Å². The molecule has 1 amide bonds. The Bertz CT molecular complexity index is 295. The Labute approximate surface area is 76.6 Å². The van der Waals surface area contributed by atoms with Crippen LogP contribution < -0.4 is 5.73 Å². The maximum atomic E-state index is 13.8. The molecule has 0 saturated heterocycles. The monoisotopic (exact) mass is 181 g/mol. The Kier molecular flexibility index (Phi) is 2.66. The topological polar surface area (TPSA) is 43.1 Å². The summed E-state index contributed by atoms with van der Waals surface area (Å²) in [7, 11) is 0. The quantitative estimate of drug-likeness (QED) is 0.758. The predicted molar refractivity (Wildman–Crippen MR) is 48.7 cm³/mol. The van der Waals surface area contributed by atoms with E-state index in [-0.39, 0.29) is 6.42 Å². The Morgan fingerprint density at radius 2 is 2.00 bits per heavy atom. The van der Waals surface area contributed by atoms with Gasteiger partial charge in [-0.1, -0.05) is 30.3 Å². The maximum absolute atomic E-state index is 13.8. The fraction of sp³-hybridized carbons (Fsp3) is 0.300. The first kappa shape index (κ1) is 9.71. The molecule has 0 fully saturated rings. The average molecular weight is 181 g/mol. The largest absolute Gasteiger partial charge is 0.370 e. The summed E-state index contributed by atoms with van der Waals surface area (Å²) in [6.07, 6.45) is -0.281. The van der Waals surface area contributed by atoms with Crippen LogP contribution in [0.2, 0.25) is 0 Å². The molecule has 13 heavy (non-hydrogen) atoms. The standard InChI is InChI=1S/C10H12FNO/c1-10(11,7-9(12)13)8-5-3-2-4-6-8/h2-6H,7H2,1H3,(H2,12,13). The predicted octanol–water partition coefficient (Wildman–Crippen LogP) is 1.75. The number of hydrogen-bond acceptors (Lipinski definition) is 1. The molecule has 0 aliphatic carbocycles. The van der Waals surface area contributed by atoms with E-state index in [4.69, 9.17) is 5.73 Å². The summed E-state index contributed by atoms with van der Waals surface area (Å²) in [5.41, 5.74) is 3.76. The van der Waals surface area contributed by atoms with E-state index >= 15 is 0 Å². The first-order valence-corrected chi connectivity index (χ1v) is 4.05. The third kappa shape index (κ3) is 2.54. The van der Waals surface area contributed by atoms with Crippen LogP contribution in [0.15, 0.2) is 30.3 Å². The van der Waals surface area contributed by atoms with E-state index in [1.54, 1.807) is 30.3 Å². The van der Waals surface area contributed by atoms with Crippen molar-refractivity contribution in [2.75, 3.05) is 0 Å². The molecule has 1 atom stereocenters. The number of halogens is 1. The number of rotatable bonds is 3. The SMILES string of the molecule is CC(F)(CC(N)=O)c1ccccc1. The van der Waals surface area contributed by atoms with Gasteiger partial charge in [-0.3, -0.25) is 4.79 Å². The lowest BCUT2D eigenvalue weighted by Crippen LogP contribution is -2.24. The van der Waals surface area contributed by atoms with Crippen molar-refractivity contribution >= 4 is 5.91 Å². The molecule has 70 valence electrons. The Hall–Kier alpha value is -1.38. The number of carbonyl (C=O) groups excluding carboxylic acids is 1. The third-order valence-electron chi connectivity index (χ3n) is 1.88. The number of primary amides is 1. The van der Waals surface area contributed by atoms with E-state index in [0.29, 0.717) is 5.56 Å². The number of benzene rings is 1. The maximum Gasteiger partial charge on any atom is 0.220 e. The number of carbonyl (C=O) groups is 1. The Morgan fingerprint density at radius 3 is 2.46 bits per heavy atom. The van der Waals surface area contributed by atoms with Crippen molar-refractivity contribution in [3.05, 3.63) is 35.9 Å². The zero-order valence-electron chi connectivity index (χ0n) is 7.46. The number of amides is 1. The van der Waals surface area contributed by atoms with Crippen molar-refractivity contribution in [2.24, 2.45) is 5.73 Å². The van der Waals surface area contributed by atoms with Crippen molar-refractivity contribution < 1.29 is 9.18 Å². The summed E-state index contributed by atoms with van der Waals surface area (Å²) in [6.45, 7) is 1.35. The summed E-state index contributed by atoms with van der Waals surface area (Å²) >= 11 is 0. The lowest BCUT2D eigenvalue weighted by atomic mass is 9.94. The minimum absolute atomic E-state index is 0.281. The molecule has 0 spiro atoms. The molecule has 0 aliphatic rings. The van der Waals surface area contributed by atoms with Gasteiger partial charge in [0.05, 0.1) is 6.42 Å². The molecule has 0 heterocycles. The fourth-order valence-electron chi connectivity index (χ4n) is 1.21. The Morgan fingerprint density at radius 1 is 1.46 bits per heavy atom. The summed E-state index contributed by atoms with van der Waals surface area (Å²) in [6, 6.07) is 8.54. The molecule has 1 rings (SSSR count). The minimum Gasteiger partial charge on any atom is -0.370 e. The van der Waals surface area contributed by atoms with Crippen LogP contribution in [0.1, 0.15) is 18.9 Å². The van der Waals surface area contributed by atoms with Crippen LogP contribution in [0.5, 0.6) is 0 Å². The van der Waals surface area contributed by atoms with E-state index in [2.05, 4.69) is 0 Å². The molecule has 3 heteroatoms. The van der Waals surface area contributed by atoms with Gasteiger partial charge in [0.25, 0.3) is 0 Å². The molecular weight excluding hydrogens is 169 g/mol. The molecule has 0 saturated carbocycles. The molecular formula is C10H12FNO. The van der Waals surface area contributed by atoms with Gasteiger partial charge in [0.1, 0.15) is 5.67 Å². The van der Waals surface area contributed by atoms with Gasteiger partial charge in [-0.05, 0) is 12.5 Å². The zero-order chi connectivity index (χ0) is 9.90.